The Morgan fingerprint density at radius 1 is 1.10 bits per heavy atom. The first-order valence-corrected chi connectivity index (χ1v) is 8.92. The van der Waals surface area contributed by atoms with E-state index >= 15 is 0 Å². The Labute approximate surface area is 134 Å². The Balaban J connectivity index is 2.03. The zero-order valence-electron chi connectivity index (χ0n) is 12.5. The molecule has 118 valence electrons. The highest BCUT2D eigenvalue weighted by Gasteiger charge is 2.25. The van der Waals surface area contributed by atoms with E-state index in [1.54, 1.807) is 12.1 Å². The largest absolute Gasteiger partial charge is 0.490 e. The smallest absolute Gasteiger partial charge is 0.200 e. The van der Waals surface area contributed by atoms with Crippen LogP contribution < -0.4 is 4.74 Å². The van der Waals surface area contributed by atoms with Gasteiger partial charge in [-0.3, -0.25) is 0 Å². The molecule has 0 amide bonds. The summed E-state index contributed by atoms with van der Waals surface area (Å²) in [5.41, 5.74) is 0.521. The summed E-state index contributed by atoms with van der Waals surface area (Å²) in [7, 11) is 0. The van der Waals surface area contributed by atoms with Crippen LogP contribution in [0.4, 0.5) is 8.78 Å². The molecule has 0 bridgehead atoms. The van der Waals surface area contributed by atoms with E-state index in [0.29, 0.717) is 18.1 Å². The van der Waals surface area contributed by atoms with Crippen LogP contribution in [0, 0.1) is 17.6 Å². The minimum atomic E-state index is -0.829. The lowest BCUT2D eigenvalue weighted by atomic mass is 9.79. The standard InChI is InChI=1S/C17H23BrF2O/c1-12-4-6-13(7-5-12)14-8-9-15(17(20)16(14)19)21-11-3-2-10-18/h8-9,12-13H,2-7,10-11H2,1H3. The summed E-state index contributed by atoms with van der Waals surface area (Å²) < 4.78 is 33.7. The monoisotopic (exact) mass is 360 g/mol. The predicted molar refractivity (Wildman–Crippen MR) is 85.3 cm³/mol. The molecule has 0 atom stereocenters. The topological polar surface area (TPSA) is 9.23 Å². The van der Waals surface area contributed by atoms with Gasteiger partial charge in [-0.25, -0.2) is 4.39 Å². The Kier molecular flexibility index (Phi) is 6.46. The van der Waals surface area contributed by atoms with Gasteiger partial charge < -0.3 is 4.74 Å². The van der Waals surface area contributed by atoms with Crippen LogP contribution in [0.2, 0.25) is 0 Å². The van der Waals surface area contributed by atoms with Gasteiger partial charge in [-0.2, -0.15) is 4.39 Å². The van der Waals surface area contributed by atoms with E-state index in [1.807, 2.05) is 0 Å². The number of benzene rings is 1. The van der Waals surface area contributed by atoms with Gasteiger partial charge in [-0.05, 0) is 49.1 Å². The second kappa shape index (κ2) is 8.11. The Morgan fingerprint density at radius 3 is 2.48 bits per heavy atom. The third-order valence-corrected chi connectivity index (χ3v) is 4.88. The van der Waals surface area contributed by atoms with Crippen LogP contribution in [-0.2, 0) is 0 Å². The Morgan fingerprint density at radius 2 is 1.81 bits per heavy atom. The van der Waals surface area contributed by atoms with Crippen molar-refractivity contribution < 1.29 is 13.5 Å². The number of ether oxygens (including phenoxy) is 1. The summed E-state index contributed by atoms with van der Waals surface area (Å²) in [6.45, 7) is 2.64. The lowest BCUT2D eigenvalue weighted by Gasteiger charge is -2.27. The summed E-state index contributed by atoms with van der Waals surface area (Å²) in [5.74, 6) is -0.656. The number of halogens is 3. The maximum Gasteiger partial charge on any atom is 0.200 e. The third kappa shape index (κ3) is 4.41. The lowest BCUT2D eigenvalue weighted by molar-refractivity contribution is 0.286. The minimum Gasteiger partial charge on any atom is -0.490 e. The zero-order chi connectivity index (χ0) is 15.2. The highest BCUT2D eigenvalue weighted by molar-refractivity contribution is 9.09. The fourth-order valence-corrected chi connectivity index (χ4v) is 3.32. The molecular formula is C17H23BrF2O. The van der Waals surface area contributed by atoms with E-state index in [9.17, 15) is 8.78 Å². The van der Waals surface area contributed by atoms with Crippen LogP contribution in [0.1, 0.15) is 56.9 Å². The van der Waals surface area contributed by atoms with E-state index in [1.165, 1.54) is 0 Å². The van der Waals surface area contributed by atoms with Crippen molar-refractivity contribution in [1.29, 1.82) is 0 Å². The summed E-state index contributed by atoms with van der Waals surface area (Å²) in [5, 5.41) is 0.895. The fourth-order valence-electron chi connectivity index (χ4n) is 2.92. The van der Waals surface area contributed by atoms with Crippen LogP contribution in [0.3, 0.4) is 0 Å². The molecule has 0 heterocycles. The summed E-state index contributed by atoms with van der Waals surface area (Å²) >= 11 is 3.33. The van der Waals surface area contributed by atoms with Crippen molar-refractivity contribution in [3.63, 3.8) is 0 Å². The molecule has 0 N–H and O–H groups in total. The molecule has 1 nitrogen and oxygen atoms in total. The molecule has 0 aliphatic heterocycles. The van der Waals surface area contributed by atoms with Crippen molar-refractivity contribution >= 4 is 15.9 Å². The average Bonchev–Trinajstić information content (AvgIpc) is 2.49. The molecule has 1 aliphatic rings. The second-order valence-corrected chi connectivity index (χ2v) is 6.78. The third-order valence-electron chi connectivity index (χ3n) is 4.32. The maximum atomic E-state index is 14.3. The molecule has 4 heteroatoms. The highest BCUT2D eigenvalue weighted by Crippen LogP contribution is 2.38. The van der Waals surface area contributed by atoms with Crippen LogP contribution in [0.25, 0.3) is 0 Å². The van der Waals surface area contributed by atoms with Crippen molar-refractivity contribution in [2.24, 2.45) is 5.92 Å². The molecule has 21 heavy (non-hydrogen) atoms. The number of alkyl halides is 1. The van der Waals surface area contributed by atoms with Crippen molar-refractivity contribution in [1.82, 2.24) is 0 Å². The van der Waals surface area contributed by atoms with Gasteiger partial charge in [0.1, 0.15) is 0 Å². The molecular weight excluding hydrogens is 338 g/mol. The molecule has 2 rings (SSSR count). The molecule has 1 aromatic rings. The Hall–Kier alpha value is -0.640. The second-order valence-electron chi connectivity index (χ2n) is 5.98. The fraction of sp³-hybridized carbons (Fsp3) is 0.647. The summed E-state index contributed by atoms with van der Waals surface area (Å²) in [6, 6.07) is 3.29. The molecule has 0 spiro atoms. The van der Waals surface area contributed by atoms with Crippen LogP contribution in [0.5, 0.6) is 5.75 Å². The van der Waals surface area contributed by atoms with E-state index in [2.05, 4.69) is 22.9 Å². The average molecular weight is 361 g/mol. The summed E-state index contributed by atoms with van der Waals surface area (Å²) in [6.07, 6.45) is 5.87. The Bertz CT molecular complexity index is 456. The van der Waals surface area contributed by atoms with Gasteiger partial charge in [-0.1, -0.05) is 41.8 Å². The van der Waals surface area contributed by atoms with Crippen LogP contribution >= 0.6 is 15.9 Å². The van der Waals surface area contributed by atoms with E-state index in [4.69, 9.17) is 4.74 Å². The van der Waals surface area contributed by atoms with Crippen molar-refractivity contribution in [2.45, 2.75) is 51.4 Å². The molecule has 0 unspecified atom stereocenters. The van der Waals surface area contributed by atoms with E-state index in [-0.39, 0.29) is 11.7 Å². The number of hydrogen-bond acceptors (Lipinski definition) is 1. The van der Waals surface area contributed by atoms with Crippen molar-refractivity contribution in [2.75, 3.05) is 11.9 Å². The number of hydrogen-bond donors (Lipinski definition) is 0. The van der Waals surface area contributed by atoms with E-state index in [0.717, 1.165) is 43.9 Å². The molecule has 0 aromatic heterocycles. The maximum absolute atomic E-state index is 14.3. The van der Waals surface area contributed by atoms with Crippen LogP contribution in [-0.4, -0.2) is 11.9 Å². The van der Waals surface area contributed by atoms with Crippen molar-refractivity contribution in [3.05, 3.63) is 29.3 Å². The molecule has 1 fully saturated rings. The van der Waals surface area contributed by atoms with Gasteiger partial charge in [0.05, 0.1) is 6.61 Å². The van der Waals surface area contributed by atoms with Crippen LogP contribution in [0.15, 0.2) is 12.1 Å². The lowest BCUT2D eigenvalue weighted by Crippen LogP contribution is -2.13. The molecule has 1 aromatic carbocycles. The summed E-state index contributed by atoms with van der Waals surface area (Å²) in [4.78, 5) is 0. The van der Waals surface area contributed by atoms with Gasteiger partial charge >= 0.3 is 0 Å². The van der Waals surface area contributed by atoms with Crippen molar-refractivity contribution in [3.8, 4) is 5.75 Å². The number of unbranched alkanes of at least 4 members (excludes halogenated alkanes) is 1. The van der Waals surface area contributed by atoms with Gasteiger partial charge in [0.25, 0.3) is 0 Å². The van der Waals surface area contributed by atoms with Gasteiger partial charge in [0, 0.05) is 5.33 Å². The first-order valence-electron chi connectivity index (χ1n) is 7.80. The first-order chi connectivity index (χ1) is 10.1. The molecule has 1 aliphatic carbocycles. The van der Waals surface area contributed by atoms with Gasteiger partial charge in [0.2, 0.25) is 5.82 Å². The quantitative estimate of drug-likeness (QED) is 0.459. The normalized spacial score (nSPS) is 22.3. The SMILES string of the molecule is CC1CCC(c2ccc(OCCCCBr)c(F)c2F)CC1. The highest BCUT2D eigenvalue weighted by atomic mass is 79.9. The van der Waals surface area contributed by atoms with Gasteiger partial charge in [-0.15, -0.1) is 0 Å². The zero-order valence-corrected chi connectivity index (χ0v) is 14.1. The molecule has 0 saturated heterocycles. The van der Waals surface area contributed by atoms with E-state index < -0.39 is 11.6 Å². The minimum absolute atomic E-state index is 0.0370. The van der Waals surface area contributed by atoms with Gasteiger partial charge in [0.15, 0.2) is 11.6 Å². The number of rotatable bonds is 6. The molecule has 1 saturated carbocycles. The molecule has 0 radical (unpaired) electrons. The first kappa shape index (κ1) is 16.7. The predicted octanol–water partition coefficient (Wildman–Crippen LogP) is 5.81.